The molecule has 1 unspecified atom stereocenters. The summed E-state index contributed by atoms with van der Waals surface area (Å²) in [6, 6.07) is 7.60. The van der Waals surface area contributed by atoms with Crippen LogP contribution in [0, 0.1) is 12.8 Å². The summed E-state index contributed by atoms with van der Waals surface area (Å²) in [6.07, 6.45) is 3.81. The quantitative estimate of drug-likeness (QED) is 0.934. The van der Waals surface area contributed by atoms with Crippen molar-refractivity contribution in [2.45, 2.75) is 19.8 Å². The third-order valence-electron chi connectivity index (χ3n) is 4.00. The van der Waals surface area contributed by atoms with Crippen LogP contribution in [-0.4, -0.2) is 29.5 Å². The molecule has 0 amide bonds. The Morgan fingerprint density at radius 2 is 2.35 bits per heavy atom. The van der Waals surface area contributed by atoms with Crippen LogP contribution in [0.3, 0.4) is 0 Å². The standard InChI is InChI=1S/C17H20ClN3O2/c1-12-4-2-6-14(8-12)21-17(22)16(18)15(10-20-21)19-9-13-5-3-7-23-11-13/h2,4,6,8,10,13,19H,3,5,7,9,11H2,1H3. The molecule has 0 aliphatic carbocycles. The van der Waals surface area contributed by atoms with E-state index in [9.17, 15) is 4.79 Å². The van der Waals surface area contributed by atoms with Gasteiger partial charge in [-0.2, -0.15) is 9.78 Å². The third kappa shape index (κ3) is 3.74. The van der Waals surface area contributed by atoms with Crippen molar-refractivity contribution in [1.82, 2.24) is 9.78 Å². The fraction of sp³-hybridized carbons (Fsp3) is 0.412. The molecule has 122 valence electrons. The highest BCUT2D eigenvalue weighted by atomic mass is 35.5. The van der Waals surface area contributed by atoms with Crippen LogP contribution in [0.4, 0.5) is 5.69 Å². The average molecular weight is 334 g/mol. The molecule has 1 fully saturated rings. The molecule has 6 heteroatoms. The van der Waals surface area contributed by atoms with E-state index in [4.69, 9.17) is 16.3 Å². The minimum absolute atomic E-state index is 0.165. The van der Waals surface area contributed by atoms with Gasteiger partial charge < -0.3 is 10.1 Å². The van der Waals surface area contributed by atoms with E-state index in [0.717, 1.165) is 38.2 Å². The Bertz CT molecular complexity index is 739. The van der Waals surface area contributed by atoms with Gasteiger partial charge in [-0.25, -0.2) is 0 Å². The summed E-state index contributed by atoms with van der Waals surface area (Å²) in [4.78, 5) is 12.5. The number of nitrogens with zero attached hydrogens (tertiary/aromatic N) is 2. The lowest BCUT2D eigenvalue weighted by Crippen LogP contribution is -2.26. The molecule has 2 aromatic rings. The average Bonchev–Trinajstić information content (AvgIpc) is 2.57. The Morgan fingerprint density at radius 3 is 3.09 bits per heavy atom. The monoisotopic (exact) mass is 333 g/mol. The summed E-state index contributed by atoms with van der Waals surface area (Å²) in [5.41, 5.74) is 2.03. The number of nitrogens with one attached hydrogen (secondary N) is 1. The number of anilines is 1. The molecule has 0 bridgehead atoms. The lowest BCUT2D eigenvalue weighted by Gasteiger charge is -2.22. The number of aromatic nitrogens is 2. The second-order valence-electron chi connectivity index (χ2n) is 5.89. The Kier molecular flexibility index (Phi) is 4.98. The van der Waals surface area contributed by atoms with Crippen LogP contribution in [0.2, 0.25) is 5.02 Å². The zero-order valence-corrected chi connectivity index (χ0v) is 13.8. The number of benzene rings is 1. The van der Waals surface area contributed by atoms with Crippen LogP contribution in [0.25, 0.3) is 5.69 Å². The Hall–Kier alpha value is -1.85. The van der Waals surface area contributed by atoms with Crippen LogP contribution in [0.15, 0.2) is 35.3 Å². The largest absolute Gasteiger partial charge is 0.382 e. The van der Waals surface area contributed by atoms with Gasteiger partial charge in [0.2, 0.25) is 0 Å². The molecule has 1 aromatic heterocycles. The zero-order valence-electron chi connectivity index (χ0n) is 13.1. The minimum Gasteiger partial charge on any atom is -0.382 e. The highest BCUT2D eigenvalue weighted by Gasteiger charge is 2.16. The smallest absolute Gasteiger partial charge is 0.292 e. The van der Waals surface area contributed by atoms with E-state index in [2.05, 4.69) is 10.4 Å². The maximum Gasteiger partial charge on any atom is 0.292 e. The van der Waals surface area contributed by atoms with Gasteiger partial charge in [-0.3, -0.25) is 4.79 Å². The van der Waals surface area contributed by atoms with Gasteiger partial charge in [0.05, 0.1) is 24.2 Å². The molecular weight excluding hydrogens is 314 g/mol. The Balaban J connectivity index is 1.79. The van der Waals surface area contributed by atoms with Gasteiger partial charge in [0.25, 0.3) is 5.56 Å². The number of aryl methyl sites for hydroxylation is 1. The fourth-order valence-electron chi connectivity index (χ4n) is 2.72. The summed E-state index contributed by atoms with van der Waals surface area (Å²) in [6.45, 7) is 4.29. The van der Waals surface area contributed by atoms with Gasteiger partial charge in [-0.15, -0.1) is 0 Å². The van der Waals surface area contributed by atoms with E-state index < -0.39 is 0 Å². The summed E-state index contributed by atoms with van der Waals surface area (Å²) < 4.78 is 6.78. The normalized spacial score (nSPS) is 17.9. The third-order valence-corrected chi connectivity index (χ3v) is 4.37. The molecule has 1 aromatic carbocycles. The number of hydrogen-bond acceptors (Lipinski definition) is 4. The summed E-state index contributed by atoms with van der Waals surface area (Å²) in [7, 11) is 0. The summed E-state index contributed by atoms with van der Waals surface area (Å²) in [5.74, 6) is 0.444. The van der Waals surface area contributed by atoms with Gasteiger partial charge in [0, 0.05) is 13.2 Å². The first kappa shape index (κ1) is 16.0. The minimum atomic E-state index is -0.317. The Labute approximate surface area is 140 Å². The summed E-state index contributed by atoms with van der Waals surface area (Å²) >= 11 is 6.24. The van der Waals surface area contributed by atoms with Crippen LogP contribution in [-0.2, 0) is 4.74 Å². The van der Waals surface area contributed by atoms with E-state index in [0.29, 0.717) is 17.3 Å². The zero-order chi connectivity index (χ0) is 16.2. The SMILES string of the molecule is Cc1cccc(-n2ncc(NCC3CCCOC3)c(Cl)c2=O)c1. The molecule has 0 saturated carbocycles. The lowest BCUT2D eigenvalue weighted by atomic mass is 10.0. The van der Waals surface area contributed by atoms with E-state index in [1.54, 1.807) is 6.20 Å². The highest BCUT2D eigenvalue weighted by Crippen LogP contribution is 2.19. The van der Waals surface area contributed by atoms with Gasteiger partial charge in [-0.1, -0.05) is 23.7 Å². The topological polar surface area (TPSA) is 56.1 Å². The number of halogens is 1. The van der Waals surface area contributed by atoms with Gasteiger partial charge in [-0.05, 0) is 43.4 Å². The number of ether oxygens (including phenoxy) is 1. The van der Waals surface area contributed by atoms with Crippen molar-refractivity contribution >= 4 is 17.3 Å². The highest BCUT2D eigenvalue weighted by molar-refractivity contribution is 6.32. The van der Waals surface area contributed by atoms with Crippen molar-refractivity contribution in [3.8, 4) is 5.69 Å². The van der Waals surface area contributed by atoms with E-state index in [-0.39, 0.29) is 10.6 Å². The number of rotatable bonds is 4. The van der Waals surface area contributed by atoms with Crippen LogP contribution < -0.4 is 10.9 Å². The fourth-order valence-corrected chi connectivity index (χ4v) is 2.92. The molecule has 2 heterocycles. The molecular formula is C17H20ClN3O2. The van der Waals surface area contributed by atoms with Crippen LogP contribution in [0.5, 0.6) is 0 Å². The summed E-state index contributed by atoms with van der Waals surface area (Å²) in [5, 5.41) is 7.63. The van der Waals surface area contributed by atoms with Gasteiger partial charge in [0.15, 0.2) is 0 Å². The molecule has 3 rings (SSSR count). The van der Waals surface area contributed by atoms with Crippen molar-refractivity contribution in [2.24, 2.45) is 5.92 Å². The molecule has 1 atom stereocenters. The number of hydrogen-bond donors (Lipinski definition) is 1. The predicted octanol–water partition coefficient (Wildman–Crippen LogP) is 3.03. The van der Waals surface area contributed by atoms with Crippen molar-refractivity contribution in [3.63, 3.8) is 0 Å². The molecule has 1 N–H and O–H groups in total. The van der Waals surface area contributed by atoms with E-state index in [1.165, 1.54) is 4.68 Å². The van der Waals surface area contributed by atoms with Gasteiger partial charge in [0.1, 0.15) is 5.02 Å². The first-order valence-electron chi connectivity index (χ1n) is 7.81. The molecule has 0 radical (unpaired) electrons. The maximum atomic E-state index is 12.5. The first-order chi connectivity index (χ1) is 11.1. The van der Waals surface area contributed by atoms with Crippen LogP contribution >= 0.6 is 11.6 Å². The van der Waals surface area contributed by atoms with Crippen molar-refractivity contribution in [2.75, 3.05) is 25.1 Å². The maximum absolute atomic E-state index is 12.5. The predicted molar refractivity (Wildman–Crippen MR) is 91.6 cm³/mol. The molecule has 23 heavy (non-hydrogen) atoms. The van der Waals surface area contributed by atoms with E-state index in [1.807, 2.05) is 31.2 Å². The van der Waals surface area contributed by atoms with Gasteiger partial charge >= 0.3 is 0 Å². The Morgan fingerprint density at radius 1 is 1.48 bits per heavy atom. The van der Waals surface area contributed by atoms with Crippen molar-refractivity contribution in [1.29, 1.82) is 0 Å². The van der Waals surface area contributed by atoms with Crippen molar-refractivity contribution < 1.29 is 4.74 Å². The first-order valence-corrected chi connectivity index (χ1v) is 8.19. The molecule has 1 saturated heterocycles. The second kappa shape index (κ2) is 7.15. The van der Waals surface area contributed by atoms with Crippen molar-refractivity contribution in [3.05, 3.63) is 51.4 Å². The second-order valence-corrected chi connectivity index (χ2v) is 6.27. The van der Waals surface area contributed by atoms with Crippen LogP contribution in [0.1, 0.15) is 18.4 Å². The molecule has 1 aliphatic rings. The van der Waals surface area contributed by atoms with E-state index >= 15 is 0 Å². The molecule has 0 spiro atoms. The molecule has 5 nitrogen and oxygen atoms in total. The lowest BCUT2D eigenvalue weighted by molar-refractivity contribution is 0.0595. The molecule has 1 aliphatic heterocycles.